The third-order valence-electron chi connectivity index (χ3n) is 6.31. The van der Waals surface area contributed by atoms with Crippen molar-refractivity contribution in [2.75, 3.05) is 42.9 Å². The van der Waals surface area contributed by atoms with Crippen LogP contribution >= 0.6 is 0 Å². The molecule has 2 fully saturated rings. The van der Waals surface area contributed by atoms with Gasteiger partial charge in [0.1, 0.15) is 17.2 Å². The van der Waals surface area contributed by atoms with Gasteiger partial charge in [-0.05, 0) is 51.0 Å². The van der Waals surface area contributed by atoms with Crippen molar-refractivity contribution in [2.24, 2.45) is 0 Å². The summed E-state index contributed by atoms with van der Waals surface area (Å²) in [4.78, 5) is 23.4. The minimum absolute atomic E-state index is 0.0617. The Bertz CT molecular complexity index is 1140. The van der Waals surface area contributed by atoms with E-state index >= 15 is 0 Å². The summed E-state index contributed by atoms with van der Waals surface area (Å²) in [5.41, 5.74) is 1.73. The first-order valence-electron chi connectivity index (χ1n) is 11.3. The molecule has 2 N–H and O–H groups in total. The fourth-order valence-electron chi connectivity index (χ4n) is 4.35. The average molecular weight is 492 g/mol. The number of nitrogens with one attached hydrogen (secondary N) is 2. The number of hydrogen-bond donors (Lipinski definition) is 2. The van der Waals surface area contributed by atoms with Crippen molar-refractivity contribution in [3.05, 3.63) is 36.0 Å². The molecule has 2 atom stereocenters. The number of urea groups is 1. The van der Waals surface area contributed by atoms with Gasteiger partial charge in [-0.1, -0.05) is 0 Å². The number of nitrogens with zero attached hydrogens (tertiary/aromatic N) is 3. The van der Waals surface area contributed by atoms with Crippen molar-refractivity contribution in [1.29, 1.82) is 0 Å². The van der Waals surface area contributed by atoms with Crippen LogP contribution in [0.2, 0.25) is 0 Å². The number of rotatable bonds is 7. The zero-order valence-corrected chi connectivity index (χ0v) is 20.4. The fourth-order valence-corrected chi connectivity index (χ4v) is 5.68. The Balaban J connectivity index is 1.71. The average Bonchev–Trinajstić information content (AvgIpc) is 3.60. The molecule has 2 aromatic rings. The smallest absolute Gasteiger partial charge is 0.319 e. The summed E-state index contributed by atoms with van der Waals surface area (Å²) in [5.74, 6) is 1.09. The molecule has 0 unspecified atom stereocenters. The van der Waals surface area contributed by atoms with Crippen LogP contribution in [-0.2, 0) is 19.3 Å². The summed E-state index contributed by atoms with van der Waals surface area (Å²) in [6, 6.07) is 8.38. The normalized spacial score (nSPS) is 21.7. The molecule has 11 heteroatoms. The third kappa shape index (κ3) is 4.85. The molecule has 0 bridgehead atoms. The number of halogens is 1. The zero-order valence-electron chi connectivity index (χ0n) is 19.5. The summed E-state index contributed by atoms with van der Waals surface area (Å²) >= 11 is 0. The van der Waals surface area contributed by atoms with Crippen LogP contribution in [0.5, 0.6) is 0 Å². The predicted molar refractivity (Wildman–Crippen MR) is 128 cm³/mol. The van der Waals surface area contributed by atoms with Crippen LogP contribution in [0, 0.1) is 0 Å². The van der Waals surface area contributed by atoms with Gasteiger partial charge in [0.05, 0.1) is 31.0 Å². The van der Waals surface area contributed by atoms with E-state index in [2.05, 4.69) is 29.4 Å². The summed E-state index contributed by atoms with van der Waals surface area (Å²) in [6.45, 7) is 4.51. The number of alkyl halides is 1. The predicted octanol–water partition coefficient (Wildman–Crippen LogP) is 2.88. The highest BCUT2D eigenvalue weighted by Gasteiger charge is 2.55. The molecule has 4 rings (SSSR count). The Kier molecular flexibility index (Phi) is 6.77. The van der Waals surface area contributed by atoms with Gasteiger partial charge < -0.3 is 20.3 Å². The Morgan fingerprint density at radius 3 is 2.38 bits per heavy atom. The molecule has 1 aromatic heterocycles. The number of anilines is 2. The van der Waals surface area contributed by atoms with E-state index < -0.39 is 27.3 Å². The van der Waals surface area contributed by atoms with E-state index in [0.29, 0.717) is 54.6 Å². The molecule has 1 aliphatic carbocycles. The van der Waals surface area contributed by atoms with Gasteiger partial charge in [-0.25, -0.2) is 27.6 Å². The SMILES string of the molecule is C[C@H]1COC[C@H](C)N1c1cc(C2(S(C)(=O)=O)CC2)nc(-c2ccc(NC(=O)NCCF)cc2)n1. The highest BCUT2D eigenvalue weighted by atomic mass is 32.2. The maximum Gasteiger partial charge on any atom is 0.319 e. The Morgan fingerprint density at radius 2 is 1.82 bits per heavy atom. The quantitative estimate of drug-likeness (QED) is 0.612. The standard InChI is InChI=1S/C23H30FN5O4S/c1-15-13-33-14-16(2)29(15)20-12-19(23(8-9-23)34(3,31)32)27-21(28-20)17-4-6-18(7-5-17)26-22(30)25-11-10-24/h4-7,12,15-16H,8-11,13-14H2,1-3H3,(H2,25,26,30)/t15-,16-/m0/s1. The van der Waals surface area contributed by atoms with Gasteiger partial charge in [-0.15, -0.1) is 0 Å². The summed E-state index contributed by atoms with van der Waals surface area (Å²) < 4.78 is 42.2. The molecule has 2 aliphatic rings. The van der Waals surface area contributed by atoms with Crippen molar-refractivity contribution in [2.45, 2.75) is 43.5 Å². The molecule has 1 saturated heterocycles. The molecule has 9 nitrogen and oxygen atoms in total. The lowest BCUT2D eigenvalue weighted by atomic mass is 10.1. The van der Waals surface area contributed by atoms with Gasteiger partial charge in [-0.3, -0.25) is 0 Å². The minimum Gasteiger partial charge on any atom is -0.377 e. The molecular weight excluding hydrogens is 461 g/mol. The lowest BCUT2D eigenvalue weighted by Gasteiger charge is -2.40. The molecule has 0 radical (unpaired) electrons. The lowest BCUT2D eigenvalue weighted by Crippen LogP contribution is -2.50. The van der Waals surface area contributed by atoms with Crippen molar-refractivity contribution in [3.8, 4) is 11.4 Å². The molecule has 1 aromatic carbocycles. The second-order valence-corrected chi connectivity index (χ2v) is 11.3. The lowest BCUT2D eigenvalue weighted by molar-refractivity contribution is 0.0752. The first-order chi connectivity index (χ1) is 16.1. The van der Waals surface area contributed by atoms with Gasteiger partial charge in [-0.2, -0.15) is 0 Å². The summed E-state index contributed by atoms with van der Waals surface area (Å²) in [5, 5.41) is 5.04. The van der Waals surface area contributed by atoms with E-state index in [1.54, 1.807) is 30.3 Å². The topological polar surface area (TPSA) is 114 Å². The first kappa shape index (κ1) is 24.3. The number of carbonyl (C=O) groups excluding carboxylic acids is 1. The molecule has 2 amide bonds. The van der Waals surface area contributed by atoms with Crippen LogP contribution in [0.1, 0.15) is 32.4 Å². The fraction of sp³-hybridized carbons (Fsp3) is 0.522. The molecule has 1 aliphatic heterocycles. The monoisotopic (exact) mass is 491 g/mol. The molecule has 184 valence electrons. The summed E-state index contributed by atoms with van der Waals surface area (Å²) in [7, 11) is -3.36. The number of sulfone groups is 1. The van der Waals surface area contributed by atoms with Gasteiger partial charge in [0.25, 0.3) is 0 Å². The van der Waals surface area contributed by atoms with Gasteiger partial charge in [0, 0.05) is 30.1 Å². The first-order valence-corrected chi connectivity index (χ1v) is 13.2. The number of benzene rings is 1. The van der Waals surface area contributed by atoms with Gasteiger partial charge in [0.2, 0.25) is 0 Å². The zero-order chi connectivity index (χ0) is 24.5. The minimum atomic E-state index is -3.36. The molecule has 1 saturated carbocycles. The van der Waals surface area contributed by atoms with E-state index in [-0.39, 0.29) is 18.6 Å². The Hall–Kier alpha value is -2.79. The highest BCUT2D eigenvalue weighted by Crippen LogP contribution is 2.52. The van der Waals surface area contributed by atoms with Gasteiger partial charge >= 0.3 is 6.03 Å². The maximum absolute atomic E-state index is 12.6. The van der Waals surface area contributed by atoms with Crippen molar-refractivity contribution >= 4 is 27.4 Å². The Morgan fingerprint density at radius 1 is 1.18 bits per heavy atom. The number of hydrogen-bond acceptors (Lipinski definition) is 7. The second-order valence-electron chi connectivity index (χ2n) is 8.99. The second kappa shape index (κ2) is 9.46. The van der Waals surface area contributed by atoms with Crippen LogP contribution in [-0.4, -0.2) is 69.2 Å². The van der Waals surface area contributed by atoms with Crippen LogP contribution in [0.4, 0.5) is 20.7 Å². The number of amides is 2. The molecular formula is C23H30FN5O4S. The highest BCUT2D eigenvalue weighted by molar-refractivity contribution is 7.91. The van der Waals surface area contributed by atoms with E-state index in [0.717, 1.165) is 0 Å². The number of ether oxygens (including phenoxy) is 1. The van der Waals surface area contributed by atoms with Gasteiger partial charge in [0.15, 0.2) is 15.7 Å². The number of aromatic nitrogens is 2. The van der Waals surface area contributed by atoms with Crippen molar-refractivity contribution in [1.82, 2.24) is 15.3 Å². The van der Waals surface area contributed by atoms with E-state index in [1.165, 1.54) is 6.26 Å². The van der Waals surface area contributed by atoms with E-state index in [1.807, 2.05) is 0 Å². The Labute approximate surface area is 199 Å². The molecule has 2 heterocycles. The van der Waals surface area contributed by atoms with E-state index in [4.69, 9.17) is 14.7 Å². The van der Waals surface area contributed by atoms with Crippen LogP contribution < -0.4 is 15.5 Å². The maximum atomic E-state index is 12.6. The van der Waals surface area contributed by atoms with Crippen molar-refractivity contribution in [3.63, 3.8) is 0 Å². The third-order valence-corrected chi connectivity index (χ3v) is 8.34. The van der Waals surface area contributed by atoms with Crippen LogP contribution in [0.3, 0.4) is 0 Å². The number of morpholine rings is 1. The van der Waals surface area contributed by atoms with Crippen LogP contribution in [0.25, 0.3) is 11.4 Å². The summed E-state index contributed by atoms with van der Waals surface area (Å²) in [6.07, 6.45) is 2.33. The largest absolute Gasteiger partial charge is 0.377 e. The molecule has 0 spiro atoms. The van der Waals surface area contributed by atoms with Crippen LogP contribution in [0.15, 0.2) is 30.3 Å². The number of carbonyl (C=O) groups is 1. The molecule has 34 heavy (non-hydrogen) atoms. The van der Waals surface area contributed by atoms with E-state index in [9.17, 15) is 17.6 Å². The van der Waals surface area contributed by atoms with Crippen molar-refractivity contribution < 1.29 is 22.3 Å².